The molecule has 0 bridgehead atoms. The van der Waals surface area contributed by atoms with Gasteiger partial charge in [-0.05, 0) is 42.1 Å². The number of hydrogen-bond acceptors (Lipinski definition) is 2. The van der Waals surface area contributed by atoms with Gasteiger partial charge in [0.2, 0.25) is 0 Å². The second-order valence-corrected chi connectivity index (χ2v) is 6.68. The highest BCUT2D eigenvalue weighted by Crippen LogP contribution is 2.25. The van der Waals surface area contributed by atoms with E-state index >= 15 is 0 Å². The van der Waals surface area contributed by atoms with Crippen molar-refractivity contribution in [2.24, 2.45) is 7.05 Å². The molecule has 4 aromatic rings. The van der Waals surface area contributed by atoms with Gasteiger partial charge in [-0.3, -0.25) is 4.79 Å². The topological polar surface area (TPSA) is 48.2 Å². The number of hydrogen-bond donors (Lipinski definition) is 1. The van der Waals surface area contributed by atoms with Gasteiger partial charge in [0.25, 0.3) is 5.91 Å². The first kappa shape index (κ1) is 17.2. The van der Waals surface area contributed by atoms with Crippen molar-refractivity contribution in [3.05, 3.63) is 67.0 Å². The molecule has 5 nitrogen and oxygen atoms in total. The van der Waals surface area contributed by atoms with Crippen molar-refractivity contribution >= 4 is 27.7 Å². The summed E-state index contributed by atoms with van der Waals surface area (Å²) in [4.78, 5) is 12.1. The molecule has 0 radical (unpaired) electrons. The smallest absolute Gasteiger partial charge is 0.257 e. The van der Waals surface area contributed by atoms with E-state index in [9.17, 15) is 4.79 Å². The molecule has 0 aliphatic carbocycles. The van der Waals surface area contributed by atoms with E-state index in [-0.39, 0.29) is 12.5 Å². The van der Waals surface area contributed by atoms with Gasteiger partial charge in [-0.15, -0.1) is 0 Å². The Morgan fingerprint density at radius 1 is 1.00 bits per heavy atom. The van der Waals surface area contributed by atoms with Crippen molar-refractivity contribution in [1.82, 2.24) is 14.5 Å². The molecule has 0 saturated heterocycles. The second-order valence-electron chi connectivity index (χ2n) is 6.68. The quantitative estimate of drug-likeness (QED) is 0.510. The number of nitrogens with zero attached hydrogens (tertiary/aromatic N) is 2. The fourth-order valence-corrected chi connectivity index (χ4v) is 3.41. The third-order valence-corrected chi connectivity index (χ3v) is 4.82. The molecule has 0 fully saturated rings. The van der Waals surface area contributed by atoms with Gasteiger partial charge < -0.3 is 19.2 Å². The SMILES string of the molecule is Cn1ccc2c(OCC(=O)NCCCn3ccc4ccccc43)cccc21. The zero-order valence-electron chi connectivity index (χ0n) is 15.4. The molecule has 27 heavy (non-hydrogen) atoms. The number of rotatable bonds is 7. The highest BCUT2D eigenvalue weighted by Gasteiger charge is 2.07. The number of fused-ring (bicyclic) bond motifs is 2. The number of ether oxygens (including phenoxy) is 1. The standard InChI is InChI=1S/C22H23N3O2/c1-24-14-11-18-20(24)8-4-9-21(18)27-16-22(26)23-12-5-13-25-15-10-17-6-2-3-7-19(17)25/h2-4,6-11,14-15H,5,12-13,16H2,1H3,(H,23,26). The van der Waals surface area contributed by atoms with Gasteiger partial charge in [0.05, 0.1) is 5.52 Å². The van der Waals surface area contributed by atoms with Crippen molar-refractivity contribution in [2.45, 2.75) is 13.0 Å². The summed E-state index contributed by atoms with van der Waals surface area (Å²) >= 11 is 0. The Labute approximate surface area is 158 Å². The lowest BCUT2D eigenvalue weighted by Gasteiger charge is -2.09. The molecule has 4 rings (SSSR count). The summed E-state index contributed by atoms with van der Waals surface area (Å²) in [5.41, 5.74) is 2.31. The number of amides is 1. The summed E-state index contributed by atoms with van der Waals surface area (Å²) in [5, 5.41) is 5.20. The molecule has 0 atom stereocenters. The molecule has 2 aromatic carbocycles. The van der Waals surface area contributed by atoms with E-state index in [1.54, 1.807) is 0 Å². The molecular formula is C22H23N3O2. The fraction of sp³-hybridized carbons (Fsp3) is 0.227. The van der Waals surface area contributed by atoms with Crippen molar-refractivity contribution < 1.29 is 9.53 Å². The Balaban J connectivity index is 1.25. The maximum atomic E-state index is 12.1. The van der Waals surface area contributed by atoms with Crippen molar-refractivity contribution in [2.75, 3.05) is 13.2 Å². The zero-order valence-corrected chi connectivity index (χ0v) is 15.4. The Kier molecular flexibility index (Phi) is 4.83. The zero-order chi connectivity index (χ0) is 18.6. The summed E-state index contributed by atoms with van der Waals surface area (Å²) in [6, 6.07) is 18.3. The summed E-state index contributed by atoms with van der Waals surface area (Å²) in [6.07, 6.45) is 4.96. The van der Waals surface area contributed by atoms with Crippen molar-refractivity contribution in [3.8, 4) is 5.75 Å². The lowest BCUT2D eigenvalue weighted by molar-refractivity contribution is -0.123. The first-order chi connectivity index (χ1) is 13.2. The van der Waals surface area contributed by atoms with E-state index in [4.69, 9.17) is 4.74 Å². The molecule has 0 spiro atoms. The van der Waals surface area contributed by atoms with Crippen LogP contribution in [0.3, 0.4) is 0 Å². The van der Waals surface area contributed by atoms with Gasteiger partial charge >= 0.3 is 0 Å². The number of para-hydroxylation sites is 1. The molecule has 1 N–H and O–H groups in total. The molecule has 2 heterocycles. The number of aryl methyl sites for hydroxylation is 2. The first-order valence-electron chi connectivity index (χ1n) is 9.20. The van der Waals surface area contributed by atoms with Gasteiger partial charge in [-0.1, -0.05) is 24.3 Å². The normalized spacial score (nSPS) is 11.1. The van der Waals surface area contributed by atoms with Crippen LogP contribution < -0.4 is 10.1 Å². The van der Waals surface area contributed by atoms with Gasteiger partial charge in [0, 0.05) is 43.4 Å². The van der Waals surface area contributed by atoms with Crippen LogP contribution >= 0.6 is 0 Å². The Bertz CT molecular complexity index is 1080. The van der Waals surface area contributed by atoms with Gasteiger partial charge in [0.1, 0.15) is 5.75 Å². The second kappa shape index (κ2) is 7.58. The largest absolute Gasteiger partial charge is 0.483 e. The predicted molar refractivity (Wildman–Crippen MR) is 108 cm³/mol. The minimum Gasteiger partial charge on any atom is -0.483 e. The average molecular weight is 361 g/mol. The number of carbonyl (C=O) groups excluding carboxylic acids is 1. The average Bonchev–Trinajstić information content (AvgIpc) is 3.28. The van der Waals surface area contributed by atoms with Gasteiger partial charge in [-0.25, -0.2) is 0 Å². The third kappa shape index (κ3) is 3.67. The van der Waals surface area contributed by atoms with Crippen LogP contribution in [-0.2, 0) is 18.4 Å². The summed E-state index contributed by atoms with van der Waals surface area (Å²) in [5.74, 6) is 0.641. The molecule has 138 valence electrons. The number of benzene rings is 2. The van der Waals surface area contributed by atoms with E-state index in [1.165, 1.54) is 10.9 Å². The van der Waals surface area contributed by atoms with Crippen LogP contribution in [-0.4, -0.2) is 28.2 Å². The molecule has 0 saturated carbocycles. The first-order valence-corrected chi connectivity index (χ1v) is 9.20. The van der Waals surface area contributed by atoms with Crippen LogP contribution in [0, 0.1) is 0 Å². The third-order valence-electron chi connectivity index (χ3n) is 4.82. The minimum atomic E-state index is -0.0969. The van der Waals surface area contributed by atoms with Crippen LogP contribution in [0.5, 0.6) is 5.75 Å². The minimum absolute atomic E-state index is 0.0282. The van der Waals surface area contributed by atoms with Gasteiger partial charge in [0.15, 0.2) is 6.61 Å². The molecule has 1 amide bonds. The molecule has 0 unspecified atom stereocenters. The van der Waals surface area contributed by atoms with Crippen LogP contribution in [0.25, 0.3) is 21.8 Å². The molecule has 0 aliphatic rings. The monoisotopic (exact) mass is 361 g/mol. The van der Waals surface area contributed by atoms with E-state index in [0.29, 0.717) is 6.54 Å². The highest BCUT2D eigenvalue weighted by molar-refractivity contribution is 5.87. The Morgan fingerprint density at radius 2 is 1.85 bits per heavy atom. The summed E-state index contributed by atoms with van der Waals surface area (Å²) < 4.78 is 9.98. The maximum Gasteiger partial charge on any atom is 0.257 e. The van der Waals surface area contributed by atoms with Gasteiger partial charge in [-0.2, -0.15) is 0 Å². The van der Waals surface area contributed by atoms with Crippen LogP contribution in [0.2, 0.25) is 0 Å². The van der Waals surface area contributed by atoms with Crippen LogP contribution in [0.4, 0.5) is 0 Å². The number of carbonyl (C=O) groups is 1. The Hall–Kier alpha value is -3.21. The molecule has 5 heteroatoms. The van der Waals surface area contributed by atoms with Crippen LogP contribution in [0.15, 0.2) is 67.0 Å². The lowest BCUT2D eigenvalue weighted by atomic mass is 10.2. The number of nitrogens with one attached hydrogen (secondary N) is 1. The lowest BCUT2D eigenvalue weighted by Crippen LogP contribution is -2.30. The molecular weight excluding hydrogens is 338 g/mol. The van der Waals surface area contributed by atoms with E-state index in [0.717, 1.165) is 29.6 Å². The van der Waals surface area contributed by atoms with E-state index < -0.39 is 0 Å². The van der Waals surface area contributed by atoms with E-state index in [2.05, 4.69) is 34.3 Å². The summed E-state index contributed by atoms with van der Waals surface area (Å²) in [6.45, 7) is 1.53. The predicted octanol–water partition coefficient (Wildman–Crippen LogP) is 3.72. The van der Waals surface area contributed by atoms with Crippen LogP contribution in [0.1, 0.15) is 6.42 Å². The number of aromatic nitrogens is 2. The maximum absolute atomic E-state index is 12.1. The molecule has 0 aliphatic heterocycles. The van der Waals surface area contributed by atoms with E-state index in [1.807, 2.05) is 54.2 Å². The van der Waals surface area contributed by atoms with Crippen molar-refractivity contribution in [3.63, 3.8) is 0 Å². The Morgan fingerprint density at radius 3 is 2.78 bits per heavy atom. The van der Waals surface area contributed by atoms with Crippen molar-refractivity contribution in [1.29, 1.82) is 0 Å². The fourth-order valence-electron chi connectivity index (χ4n) is 3.41. The highest BCUT2D eigenvalue weighted by atomic mass is 16.5. The molecule has 2 aromatic heterocycles. The summed E-state index contributed by atoms with van der Waals surface area (Å²) in [7, 11) is 1.99.